The maximum Gasteiger partial charge on any atom is 0.471 e. The average Bonchev–Trinajstić information content (AvgIpc) is 3.34. The van der Waals surface area contributed by atoms with Crippen molar-refractivity contribution in [1.82, 2.24) is 20.4 Å². The van der Waals surface area contributed by atoms with Gasteiger partial charge >= 0.3 is 12.1 Å². The second-order valence-electron chi connectivity index (χ2n) is 9.35. The van der Waals surface area contributed by atoms with E-state index >= 15 is 0 Å². The van der Waals surface area contributed by atoms with E-state index in [9.17, 15) is 18.0 Å². The van der Waals surface area contributed by atoms with Gasteiger partial charge in [-0.3, -0.25) is 4.79 Å². The highest BCUT2D eigenvalue weighted by Gasteiger charge is 2.40. The maximum absolute atomic E-state index is 12.7. The van der Waals surface area contributed by atoms with Gasteiger partial charge in [-0.05, 0) is 61.9 Å². The molecule has 4 rings (SSSR count). The lowest BCUT2D eigenvalue weighted by Crippen LogP contribution is -2.44. The Hall–Kier alpha value is -3.14. The Kier molecular flexibility index (Phi) is 7.02. The van der Waals surface area contributed by atoms with Gasteiger partial charge in [-0.2, -0.15) is 18.2 Å². The molecule has 7 nitrogen and oxygen atoms in total. The Morgan fingerprint density at radius 2 is 2.17 bits per heavy atom. The van der Waals surface area contributed by atoms with Crippen LogP contribution in [0.25, 0.3) is 11.4 Å². The van der Waals surface area contributed by atoms with Gasteiger partial charge in [0, 0.05) is 30.3 Å². The summed E-state index contributed by atoms with van der Waals surface area (Å²) in [6.07, 6.45) is 3.57. The summed E-state index contributed by atoms with van der Waals surface area (Å²) in [6, 6.07) is 6.53. The van der Waals surface area contributed by atoms with Crippen molar-refractivity contribution in [2.75, 3.05) is 27.2 Å². The molecule has 1 aromatic heterocycles. The van der Waals surface area contributed by atoms with Crippen molar-refractivity contribution in [3.63, 3.8) is 0 Å². The minimum absolute atomic E-state index is 0.0854. The highest BCUT2D eigenvalue weighted by Crippen LogP contribution is 2.48. The number of aromatic nitrogens is 2. The number of carbonyl (C=O) groups excluding carboxylic acids is 1. The van der Waals surface area contributed by atoms with Crippen LogP contribution >= 0.6 is 0 Å². The number of hydrogen-bond acceptors (Lipinski definition) is 6. The van der Waals surface area contributed by atoms with Crippen molar-refractivity contribution in [2.45, 2.75) is 44.8 Å². The molecule has 0 spiro atoms. The normalized spacial score (nSPS) is 22.3. The van der Waals surface area contributed by atoms with Crippen LogP contribution in [0.3, 0.4) is 0 Å². The molecule has 10 heteroatoms. The van der Waals surface area contributed by atoms with E-state index in [1.165, 1.54) is 17.7 Å². The maximum atomic E-state index is 12.7. The van der Waals surface area contributed by atoms with Crippen LogP contribution in [-0.2, 0) is 10.9 Å². The lowest BCUT2D eigenvalue weighted by molar-refractivity contribution is -0.159. The van der Waals surface area contributed by atoms with E-state index in [-0.39, 0.29) is 22.7 Å². The molecule has 1 heterocycles. The molecule has 2 unspecified atom stereocenters. The fourth-order valence-corrected chi connectivity index (χ4v) is 4.97. The number of halogens is 3. The summed E-state index contributed by atoms with van der Waals surface area (Å²) in [6.45, 7) is 3.41. The Labute approximate surface area is 202 Å². The number of amides is 1. The van der Waals surface area contributed by atoms with Crippen LogP contribution < -0.4 is 5.32 Å². The van der Waals surface area contributed by atoms with Crippen LogP contribution in [0.5, 0.6) is 0 Å². The van der Waals surface area contributed by atoms with E-state index in [4.69, 9.17) is 4.74 Å². The lowest BCUT2D eigenvalue weighted by atomic mass is 9.65. The highest BCUT2D eigenvalue weighted by atomic mass is 19.4. The van der Waals surface area contributed by atoms with Crippen LogP contribution in [0.15, 0.2) is 52.3 Å². The number of likely N-dealkylation sites (N-methyl/N-ethyl adjacent to an activating group) is 1. The standard InChI is InChI=1S/C25H29F3N4O3/c1-24-11-5-8-20(34-3)19(24)10-9-18(15-24)32(2)13-12-29-22(33)17-7-4-6-16(14-17)21-30-23(35-31-21)25(26,27)28/h4-8,14,18H,9-13,15H2,1-3H3,(H,29,33). The van der Waals surface area contributed by atoms with E-state index in [2.05, 4.69) is 51.0 Å². The third kappa shape index (κ3) is 5.42. The van der Waals surface area contributed by atoms with Crippen molar-refractivity contribution in [2.24, 2.45) is 5.41 Å². The molecule has 1 fully saturated rings. The molecule has 1 N–H and O–H groups in total. The van der Waals surface area contributed by atoms with Crippen molar-refractivity contribution in [3.8, 4) is 11.4 Å². The summed E-state index contributed by atoms with van der Waals surface area (Å²) >= 11 is 0. The third-order valence-electron chi connectivity index (χ3n) is 6.92. The number of nitrogens with one attached hydrogen (secondary N) is 1. The first-order valence-corrected chi connectivity index (χ1v) is 11.5. The molecule has 0 saturated heterocycles. The van der Waals surface area contributed by atoms with E-state index < -0.39 is 12.1 Å². The van der Waals surface area contributed by atoms with Crippen molar-refractivity contribution in [3.05, 3.63) is 59.2 Å². The van der Waals surface area contributed by atoms with Gasteiger partial charge < -0.3 is 19.5 Å². The quantitative estimate of drug-likeness (QED) is 0.599. The van der Waals surface area contributed by atoms with E-state index in [0.29, 0.717) is 24.7 Å². The first kappa shape index (κ1) is 25.0. The topological polar surface area (TPSA) is 80.5 Å². The number of benzene rings is 1. The molecule has 2 aliphatic rings. The second kappa shape index (κ2) is 9.85. The number of ether oxygens (including phenoxy) is 1. The number of allylic oxidation sites excluding steroid dienone is 3. The Morgan fingerprint density at radius 3 is 2.89 bits per heavy atom. The van der Waals surface area contributed by atoms with Gasteiger partial charge in [-0.1, -0.05) is 30.3 Å². The van der Waals surface area contributed by atoms with E-state index in [0.717, 1.165) is 31.4 Å². The van der Waals surface area contributed by atoms with E-state index in [1.54, 1.807) is 19.2 Å². The van der Waals surface area contributed by atoms with Gasteiger partial charge in [-0.25, -0.2) is 0 Å². The Bertz CT molecular complexity index is 1140. The molecular formula is C25H29F3N4O3. The zero-order valence-corrected chi connectivity index (χ0v) is 20.0. The molecule has 2 aliphatic carbocycles. The van der Waals surface area contributed by atoms with Crippen LogP contribution in [-0.4, -0.2) is 54.2 Å². The number of hydrogen-bond donors (Lipinski definition) is 1. The van der Waals surface area contributed by atoms with Crippen molar-refractivity contribution >= 4 is 5.91 Å². The number of nitrogens with zero attached hydrogens (tertiary/aromatic N) is 3. The van der Waals surface area contributed by atoms with Gasteiger partial charge in [-0.15, -0.1) is 0 Å². The zero-order valence-electron chi connectivity index (χ0n) is 20.0. The zero-order chi connectivity index (χ0) is 25.2. The summed E-state index contributed by atoms with van der Waals surface area (Å²) in [5, 5.41) is 6.27. The van der Waals surface area contributed by atoms with Gasteiger partial charge in [0.2, 0.25) is 5.82 Å². The average molecular weight is 491 g/mol. The van der Waals surface area contributed by atoms with Gasteiger partial charge in [0.1, 0.15) is 5.76 Å². The minimum Gasteiger partial charge on any atom is -0.497 e. The van der Waals surface area contributed by atoms with Gasteiger partial charge in [0.05, 0.1) is 7.11 Å². The summed E-state index contributed by atoms with van der Waals surface area (Å²) in [4.78, 5) is 18.3. The van der Waals surface area contributed by atoms with Gasteiger partial charge in [0.15, 0.2) is 0 Å². The fourth-order valence-electron chi connectivity index (χ4n) is 4.97. The summed E-state index contributed by atoms with van der Waals surface area (Å²) in [5.74, 6) is -0.972. The first-order chi connectivity index (χ1) is 16.6. The molecule has 1 saturated carbocycles. The number of fused-ring (bicyclic) bond motifs is 1. The minimum atomic E-state index is -4.72. The smallest absolute Gasteiger partial charge is 0.471 e. The lowest BCUT2D eigenvalue weighted by Gasteiger charge is -2.45. The van der Waals surface area contributed by atoms with Crippen LogP contribution in [0.1, 0.15) is 48.9 Å². The Morgan fingerprint density at radius 1 is 1.37 bits per heavy atom. The molecule has 1 amide bonds. The summed E-state index contributed by atoms with van der Waals surface area (Å²) < 4.78 is 48.0. The van der Waals surface area contributed by atoms with Crippen molar-refractivity contribution in [1.29, 1.82) is 0 Å². The molecular weight excluding hydrogens is 461 g/mol. The second-order valence-corrected chi connectivity index (χ2v) is 9.35. The summed E-state index contributed by atoms with van der Waals surface area (Å²) in [7, 11) is 3.79. The fraction of sp³-hybridized carbons (Fsp3) is 0.480. The van der Waals surface area contributed by atoms with Crippen LogP contribution in [0, 0.1) is 5.41 Å². The number of rotatable bonds is 7. The predicted octanol–water partition coefficient (Wildman–Crippen LogP) is 4.84. The highest BCUT2D eigenvalue weighted by molar-refractivity contribution is 5.95. The molecule has 188 valence electrons. The first-order valence-electron chi connectivity index (χ1n) is 11.5. The van der Waals surface area contributed by atoms with Gasteiger partial charge in [0.25, 0.3) is 5.91 Å². The SMILES string of the molecule is COC1=C2CCC(N(C)CCNC(=O)c3cccc(-c4noc(C(F)(F)F)n4)c3)CC2(C)CC=C1. The van der Waals surface area contributed by atoms with Crippen LogP contribution in [0.4, 0.5) is 13.2 Å². The van der Waals surface area contributed by atoms with Crippen molar-refractivity contribution < 1.29 is 27.2 Å². The summed E-state index contributed by atoms with van der Waals surface area (Å²) in [5.41, 5.74) is 2.06. The molecule has 35 heavy (non-hydrogen) atoms. The van der Waals surface area contributed by atoms with Crippen LogP contribution in [0.2, 0.25) is 0 Å². The largest absolute Gasteiger partial charge is 0.497 e. The molecule has 0 aliphatic heterocycles. The Balaban J connectivity index is 1.32. The molecule has 2 atom stereocenters. The number of carbonyl (C=O) groups is 1. The third-order valence-corrected chi connectivity index (χ3v) is 6.92. The molecule has 0 bridgehead atoms. The number of alkyl halides is 3. The molecule has 0 radical (unpaired) electrons. The monoisotopic (exact) mass is 490 g/mol. The van der Waals surface area contributed by atoms with E-state index in [1.807, 2.05) is 0 Å². The molecule has 1 aromatic carbocycles. The molecule has 2 aromatic rings. The predicted molar refractivity (Wildman–Crippen MR) is 123 cm³/mol. The number of methoxy groups -OCH3 is 1.